The van der Waals surface area contributed by atoms with Gasteiger partial charge in [-0.05, 0) is 44.2 Å². The van der Waals surface area contributed by atoms with Gasteiger partial charge in [-0.15, -0.1) is 0 Å². The first-order valence-electron chi connectivity index (χ1n) is 8.95. The van der Waals surface area contributed by atoms with Crippen LogP contribution in [0.2, 0.25) is 5.02 Å². The minimum absolute atomic E-state index is 0.0780. The molecule has 0 saturated carbocycles. The minimum atomic E-state index is -0.426. The number of carbonyl (C=O) groups excluding carboxylic acids is 2. The molecular formula is C21H20ClN3O3. The van der Waals surface area contributed by atoms with E-state index in [1.54, 1.807) is 53.4 Å². The maximum absolute atomic E-state index is 12.5. The smallest absolute Gasteiger partial charge is 0.277 e. The number of aromatic nitrogens is 1. The number of halogens is 1. The van der Waals surface area contributed by atoms with E-state index in [4.69, 9.17) is 16.1 Å². The van der Waals surface area contributed by atoms with Gasteiger partial charge >= 0.3 is 0 Å². The minimum Gasteiger partial charge on any atom is -0.355 e. The van der Waals surface area contributed by atoms with Crippen LogP contribution in [0.3, 0.4) is 0 Å². The van der Waals surface area contributed by atoms with E-state index in [2.05, 4.69) is 10.5 Å². The second-order valence-electron chi connectivity index (χ2n) is 6.10. The molecule has 0 saturated heterocycles. The molecule has 0 aliphatic heterocycles. The summed E-state index contributed by atoms with van der Waals surface area (Å²) >= 11 is 5.98. The summed E-state index contributed by atoms with van der Waals surface area (Å²) in [5.41, 5.74) is 1.89. The summed E-state index contributed by atoms with van der Waals surface area (Å²) in [5.74, 6) is -0.0617. The molecule has 0 aliphatic rings. The summed E-state index contributed by atoms with van der Waals surface area (Å²) in [6.07, 6.45) is 0. The fourth-order valence-electron chi connectivity index (χ4n) is 2.78. The molecule has 3 aromatic rings. The molecule has 6 nitrogen and oxygen atoms in total. The number of nitrogens with zero attached hydrogens (tertiary/aromatic N) is 2. The monoisotopic (exact) mass is 397 g/mol. The molecule has 3 rings (SSSR count). The zero-order chi connectivity index (χ0) is 20.1. The lowest BCUT2D eigenvalue weighted by Crippen LogP contribution is -2.30. The maximum Gasteiger partial charge on any atom is 0.277 e. The molecule has 0 bridgehead atoms. The van der Waals surface area contributed by atoms with Crippen molar-refractivity contribution in [3.05, 3.63) is 70.9 Å². The van der Waals surface area contributed by atoms with Crippen LogP contribution < -0.4 is 5.32 Å². The lowest BCUT2D eigenvalue weighted by molar-refractivity contribution is 0.0772. The standard InChI is InChI=1S/C21H20ClN3O3/c1-3-25(4-2)21(27)15-8-6-10-17(12-15)23-20(26)18-13-19(28-24-18)14-7-5-9-16(22)11-14/h5-13H,3-4H2,1-2H3,(H,23,26). The molecule has 7 heteroatoms. The van der Waals surface area contributed by atoms with Crippen molar-refractivity contribution in [2.75, 3.05) is 18.4 Å². The van der Waals surface area contributed by atoms with Crippen LogP contribution in [-0.4, -0.2) is 35.0 Å². The molecule has 1 N–H and O–H groups in total. The molecule has 2 aromatic carbocycles. The number of anilines is 1. The van der Waals surface area contributed by atoms with E-state index in [1.807, 2.05) is 19.9 Å². The molecule has 28 heavy (non-hydrogen) atoms. The van der Waals surface area contributed by atoms with Crippen molar-refractivity contribution < 1.29 is 14.1 Å². The summed E-state index contributed by atoms with van der Waals surface area (Å²) in [6.45, 7) is 5.10. The van der Waals surface area contributed by atoms with E-state index < -0.39 is 5.91 Å². The van der Waals surface area contributed by atoms with E-state index in [0.29, 0.717) is 35.1 Å². The molecule has 0 fully saturated rings. The Morgan fingerprint density at radius 3 is 2.54 bits per heavy atom. The number of benzene rings is 2. The van der Waals surface area contributed by atoms with Crippen LogP contribution in [0.5, 0.6) is 0 Å². The van der Waals surface area contributed by atoms with E-state index in [1.165, 1.54) is 0 Å². The Kier molecular flexibility index (Phi) is 6.11. The number of nitrogens with one attached hydrogen (secondary N) is 1. The van der Waals surface area contributed by atoms with Crippen LogP contribution in [0.4, 0.5) is 5.69 Å². The molecule has 1 heterocycles. The van der Waals surface area contributed by atoms with Gasteiger partial charge in [0.25, 0.3) is 11.8 Å². The average Bonchev–Trinajstić information content (AvgIpc) is 3.19. The van der Waals surface area contributed by atoms with Gasteiger partial charge < -0.3 is 14.7 Å². The summed E-state index contributed by atoms with van der Waals surface area (Å²) in [7, 11) is 0. The van der Waals surface area contributed by atoms with Crippen molar-refractivity contribution >= 4 is 29.1 Å². The van der Waals surface area contributed by atoms with Crippen molar-refractivity contribution in [2.24, 2.45) is 0 Å². The second-order valence-corrected chi connectivity index (χ2v) is 6.54. The number of rotatable bonds is 6. The Morgan fingerprint density at radius 1 is 1.07 bits per heavy atom. The molecular weight excluding hydrogens is 378 g/mol. The van der Waals surface area contributed by atoms with Gasteiger partial charge in [0.2, 0.25) is 0 Å². The van der Waals surface area contributed by atoms with E-state index in [0.717, 1.165) is 5.56 Å². The molecule has 0 atom stereocenters. The van der Waals surface area contributed by atoms with Gasteiger partial charge in [0.1, 0.15) is 0 Å². The first kappa shape index (κ1) is 19.6. The SMILES string of the molecule is CCN(CC)C(=O)c1cccc(NC(=O)c2cc(-c3cccc(Cl)c3)on2)c1. The second kappa shape index (κ2) is 8.71. The third-order valence-electron chi connectivity index (χ3n) is 4.27. The zero-order valence-corrected chi connectivity index (χ0v) is 16.4. The van der Waals surface area contributed by atoms with Crippen LogP contribution in [0, 0.1) is 0 Å². The van der Waals surface area contributed by atoms with Gasteiger partial charge in [-0.2, -0.15) is 0 Å². The van der Waals surface area contributed by atoms with Crippen molar-refractivity contribution in [1.29, 1.82) is 0 Å². The Morgan fingerprint density at radius 2 is 1.82 bits per heavy atom. The fourth-order valence-corrected chi connectivity index (χ4v) is 2.97. The number of hydrogen-bond donors (Lipinski definition) is 1. The highest BCUT2D eigenvalue weighted by molar-refractivity contribution is 6.30. The maximum atomic E-state index is 12.5. The van der Waals surface area contributed by atoms with Gasteiger partial charge in [0, 0.05) is 41.0 Å². The van der Waals surface area contributed by atoms with Crippen molar-refractivity contribution in [2.45, 2.75) is 13.8 Å². The zero-order valence-electron chi connectivity index (χ0n) is 15.6. The van der Waals surface area contributed by atoms with Gasteiger partial charge in [0.05, 0.1) is 0 Å². The molecule has 0 aliphatic carbocycles. The lowest BCUT2D eigenvalue weighted by atomic mass is 10.1. The molecule has 1 aromatic heterocycles. The Bertz CT molecular complexity index is 996. The van der Waals surface area contributed by atoms with Crippen LogP contribution in [0.15, 0.2) is 59.1 Å². The molecule has 0 spiro atoms. The predicted octanol–water partition coefficient (Wildman–Crippen LogP) is 4.73. The summed E-state index contributed by atoms with van der Waals surface area (Å²) in [4.78, 5) is 26.7. The number of amides is 2. The predicted molar refractivity (Wildman–Crippen MR) is 109 cm³/mol. The molecule has 0 radical (unpaired) electrons. The Hall–Kier alpha value is -3.12. The Labute approximate surface area is 168 Å². The van der Waals surface area contributed by atoms with Crippen molar-refractivity contribution in [3.8, 4) is 11.3 Å². The van der Waals surface area contributed by atoms with Gasteiger partial charge in [0.15, 0.2) is 11.5 Å². The Balaban J connectivity index is 1.75. The quantitative estimate of drug-likeness (QED) is 0.652. The summed E-state index contributed by atoms with van der Waals surface area (Å²) in [6, 6.07) is 15.5. The summed E-state index contributed by atoms with van der Waals surface area (Å²) < 4.78 is 5.26. The fraction of sp³-hybridized carbons (Fsp3) is 0.190. The first-order chi connectivity index (χ1) is 13.5. The third-order valence-corrected chi connectivity index (χ3v) is 4.51. The number of carbonyl (C=O) groups is 2. The van der Waals surface area contributed by atoms with E-state index in [-0.39, 0.29) is 11.6 Å². The lowest BCUT2D eigenvalue weighted by Gasteiger charge is -2.18. The average molecular weight is 398 g/mol. The normalized spacial score (nSPS) is 10.5. The topological polar surface area (TPSA) is 75.4 Å². The van der Waals surface area contributed by atoms with Gasteiger partial charge in [-0.3, -0.25) is 9.59 Å². The van der Waals surface area contributed by atoms with E-state index >= 15 is 0 Å². The highest BCUT2D eigenvalue weighted by Gasteiger charge is 2.16. The molecule has 0 unspecified atom stereocenters. The first-order valence-corrected chi connectivity index (χ1v) is 9.33. The molecule has 144 valence electrons. The largest absolute Gasteiger partial charge is 0.355 e. The van der Waals surface area contributed by atoms with Crippen LogP contribution in [-0.2, 0) is 0 Å². The van der Waals surface area contributed by atoms with E-state index in [9.17, 15) is 9.59 Å². The van der Waals surface area contributed by atoms with Crippen molar-refractivity contribution in [1.82, 2.24) is 10.1 Å². The highest BCUT2D eigenvalue weighted by Crippen LogP contribution is 2.24. The van der Waals surface area contributed by atoms with Crippen LogP contribution in [0.25, 0.3) is 11.3 Å². The molecule has 2 amide bonds. The van der Waals surface area contributed by atoms with Crippen LogP contribution >= 0.6 is 11.6 Å². The number of hydrogen-bond acceptors (Lipinski definition) is 4. The van der Waals surface area contributed by atoms with Crippen molar-refractivity contribution in [3.63, 3.8) is 0 Å². The highest BCUT2D eigenvalue weighted by atomic mass is 35.5. The summed E-state index contributed by atoms with van der Waals surface area (Å²) in [5, 5.41) is 7.14. The van der Waals surface area contributed by atoms with Crippen LogP contribution in [0.1, 0.15) is 34.7 Å². The third kappa shape index (κ3) is 4.40. The van der Waals surface area contributed by atoms with Gasteiger partial charge in [-0.1, -0.05) is 35.0 Å². The van der Waals surface area contributed by atoms with Gasteiger partial charge in [-0.25, -0.2) is 0 Å².